The van der Waals surface area contributed by atoms with Gasteiger partial charge in [-0.2, -0.15) is 0 Å². The molecule has 2 aromatic heterocycles. The second-order valence-corrected chi connectivity index (χ2v) is 7.57. The summed E-state index contributed by atoms with van der Waals surface area (Å²) in [5.41, 5.74) is 1.66. The summed E-state index contributed by atoms with van der Waals surface area (Å²) in [7, 11) is 0. The molecule has 2 heterocycles. The third-order valence-electron chi connectivity index (χ3n) is 4.56. The van der Waals surface area contributed by atoms with Gasteiger partial charge < -0.3 is 13.7 Å². The van der Waals surface area contributed by atoms with Crippen LogP contribution >= 0.6 is 11.8 Å². The fourth-order valence-electron chi connectivity index (χ4n) is 3.09. The predicted octanol–water partition coefficient (Wildman–Crippen LogP) is 5.56. The molecule has 0 aliphatic carbocycles. The zero-order valence-corrected chi connectivity index (χ0v) is 17.2. The molecule has 0 spiro atoms. The van der Waals surface area contributed by atoms with Crippen LogP contribution in [-0.2, 0) is 17.0 Å². The number of hydrogen-bond donors (Lipinski definition) is 0. The molecule has 0 fully saturated rings. The number of nitrogens with zero attached hydrogens (tertiary/aromatic N) is 2. The molecule has 9 heteroatoms. The predicted molar refractivity (Wildman–Crippen MR) is 109 cm³/mol. The van der Waals surface area contributed by atoms with E-state index < -0.39 is 23.4 Å². The van der Waals surface area contributed by atoms with Crippen LogP contribution in [0.4, 0.5) is 13.2 Å². The number of hydrogen-bond acceptors (Lipinski definition) is 5. The van der Waals surface area contributed by atoms with Crippen molar-refractivity contribution in [3.05, 3.63) is 83.1 Å². The minimum absolute atomic E-state index is 0.0210. The summed E-state index contributed by atoms with van der Waals surface area (Å²) < 4.78 is 53.1. The number of furan rings is 1. The molecule has 0 radical (unpaired) electrons. The van der Waals surface area contributed by atoms with Crippen LogP contribution in [0.15, 0.2) is 58.3 Å². The molecule has 0 saturated carbocycles. The average molecular weight is 446 g/mol. The molecule has 0 unspecified atom stereocenters. The largest absolute Gasteiger partial charge is 0.467 e. The highest BCUT2D eigenvalue weighted by Crippen LogP contribution is 2.30. The standard InChI is InChI=1S/C22H17F3N2O3S/c1-2-29-21(28)13-5-6-20-19(9-13)26-22(27(20)11-15-4-3-7-30-15)31-12-14-8-17(24)18(25)10-16(14)23/h3-10H,2,11-12H2,1H3. The molecule has 5 nitrogen and oxygen atoms in total. The Labute approximate surface area is 179 Å². The molecule has 2 aromatic carbocycles. The Bertz CT molecular complexity index is 1240. The molecule has 0 amide bonds. The lowest BCUT2D eigenvalue weighted by Crippen LogP contribution is -2.04. The summed E-state index contributed by atoms with van der Waals surface area (Å²) in [6.45, 7) is 2.33. The monoisotopic (exact) mass is 446 g/mol. The van der Waals surface area contributed by atoms with Crippen LogP contribution in [0.5, 0.6) is 0 Å². The molecule has 0 saturated heterocycles. The van der Waals surface area contributed by atoms with Crippen molar-refractivity contribution < 1.29 is 27.1 Å². The van der Waals surface area contributed by atoms with Gasteiger partial charge in [-0.1, -0.05) is 11.8 Å². The van der Waals surface area contributed by atoms with E-state index in [1.165, 1.54) is 11.8 Å². The first-order valence-corrected chi connectivity index (χ1v) is 10.4. The number of aromatic nitrogens is 2. The first kappa shape index (κ1) is 21.0. The first-order chi connectivity index (χ1) is 15.0. The Morgan fingerprint density at radius 2 is 1.94 bits per heavy atom. The molecule has 0 aliphatic rings. The van der Waals surface area contributed by atoms with E-state index in [0.717, 1.165) is 11.6 Å². The highest BCUT2D eigenvalue weighted by Gasteiger charge is 2.17. The first-order valence-electron chi connectivity index (χ1n) is 9.42. The lowest BCUT2D eigenvalue weighted by atomic mass is 10.2. The summed E-state index contributed by atoms with van der Waals surface area (Å²) >= 11 is 1.17. The molecule has 0 bridgehead atoms. The Morgan fingerprint density at radius 3 is 2.68 bits per heavy atom. The van der Waals surface area contributed by atoms with Crippen LogP contribution < -0.4 is 0 Å². The third kappa shape index (κ3) is 4.46. The zero-order valence-electron chi connectivity index (χ0n) is 16.4. The Morgan fingerprint density at radius 1 is 1.13 bits per heavy atom. The van der Waals surface area contributed by atoms with Crippen LogP contribution in [0.25, 0.3) is 11.0 Å². The normalized spacial score (nSPS) is 11.2. The van der Waals surface area contributed by atoms with E-state index in [0.29, 0.717) is 34.6 Å². The SMILES string of the molecule is CCOC(=O)c1ccc2c(c1)nc(SCc1cc(F)c(F)cc1F)n2Cc1ccco1. The average Bonchev–Trinajstić information content (AvgIpc) is 3.38. The maximum Gasteiger partial charge on any atom is 0.338 e. The fraction of sp³-hybridized carbons (Fsp3) is 0.182. The quantitative estimate of drug-likeness (QED) is 0.211. The van der Waals surface area contributed by atoms with Crippen molar-refractivity contribution in [2.75, 3.05) is 6.61 Å². The molecule has 0 N–H and O–H groups in total. The van der Waals surface area contributed by atoms with E-state index >= 15 is 0 Å². The van der Waals surface area contributed by atoms with Crippen molar-refractivity contribution >= 4 is 28.8 Å². The van der Waals surface area contributed by atoms with E-state index in [1.54, 1.807) is 37.5 Å². The van der Waals surface area contributed by atoms with Gasteiger partial charge in [-0.05, 0) is 43.3 Å². The number of fused-ring (bicyclic) bond motifs is 1. The maximum absolute atomic E-state index is 14.0. The van der Waals surface area contributed by atoms with E-state index in [1.807, 2.05) is 10.6 Å². The van der Waals surface area contributed by atoms with Crippen molar-refractivity contribution in [1.29, 1.82) is 0 Å². The summed E-state index contributed by atoms with van der Waals surface area (Å²) in [6, 6.07) is 9.95. The van der Waals surface area contributed by atoms with Gasteiger partial charge >= 0.3 is 5.97 Å². The van der Waals surface area contributed by atoms with Crippen molar-refractivity contribution in [3.8, 4) is 0 Å². The van der Waals surface area contributed by atoms with Gasteiger partial charge in [-0.15, -0.1) is 0 Å². The second kappa shape index (κ2) is 8.89. The fourth-order valence-corrected chi connectivity index (χ4v) is 4.07. The molecule has 160 valence electrons. The lowest BCUT2D eigenvalue weighted by Gasteiger charge is -2.08. The van der Waals surface area contributed by atoms with Crippen molar-refractivity contribution in [1.82, 2.24) is 9.55 Å². The summed E-state index contributed by atoms with van der Waals surface area (Å²) in [5, 5.41) is 0.511. The number of carbonyl (C=O) groups excluding carboxylic acids is 1. The summed E-state index contributed by atoms with van der Waals surface area (Å²) in [4.78, 5) is 16.6. The number of carbonyl (C=O) groups is 1. The topological polar surface area (TPSA) is 57.3 Å². The van der Waals surface area contributed by atoms with E-state index in [9.17, 15) is 18.0 Å². The van der Waals surface area contributed by atoms with Gasteiger partial charge in [0.25, 0.3) is 0 Å². The molecule has 4 rings (SSSR count). The number of benzene rings is 2. The Kier molecular flexibility index (Phi) is 6.03. The van der Waals surface area contributed by atoms with Gasteiger partial charge in [0.15, 0.2) is 16.8 Å². The number of imidazole rings is 1. The number of rotatable bonds is 7. The Hall–Kier alpha value is -3.20. The molecular formula is C22H17F3N2O3S. The smallest absolute Gasteiger partial charge is 0.338 e. The van der Waals surface area contributed by atoms with Crippen LogP contribution in [-0.4, -0.2) is 22.1 Å². The van der Waals surface area contributed by atoms with Crippen molar-refractivity contribution in [3.63, 3.8) is 0 Å². The molecular weight excluding hydrogens is 429 g/mol. The van der Waals surface area contributed by atoms with Gasteiger partial charge in [-0.3, -0.25) is 0 Å². The zero-order chi connectivity index (χ0) is 22.0. The number of esters is 1. The minimum atomic E-state index is -1.23. The Balaban J connectivity index is 1.70. The summed E-state index contributed by atoms with van der Waals surface area (Å²) in [6.07, 6.45) is 1.55. The highest BCUT2D eigenvalue weighted by atomic mass is 32.2. The number of halogens is 3. The minimum Gasteiger partial charge on any atom is -0.467 e. The van der Waals surface area contributed by atoms with E-state index in [4.69, 9.17) is 9.15 Å². The van der Waals surface area contributed by atoms with E-state index in [-0.39, 0.29) is 17.9 Å². The number of ether oxygens (including phenoxy) is 1. The van der Waals surface area contributed by atoms with Gasteiger partial charge in [0.05, 0.1) is 36.0 Å². The molecule has 4 aromatic rings. The lowest BCUT2D eigenvalue weighted by molar-refractivity contribution is 0.0526. The second-order valence-electron chi connectivity index (χ2n) is 6.63. The summed E-state index contributed by atoms with van der Waals surface area (Å²) in [5.74, 6) is -2.92. The molecule has 0 aliphatic heterocycles. The van der Waals surface area contributed by atoms with Crippen LogP contribution in [0.2, 0.25) is 0 Å². The third-order valence-corrected chi connectivity index (χ3v) is 5.59. The maximum atomic E-state index is 14.0. The van der Waals surface area contributed by atoms with Gasteiger partial charge in [0, 0.05) is 17.4 Å². The highest BCUT2D eigenvalue weighted by molar-refractivity contribution is 7.98. The van der Waals surface area contributed by atoms with Gasteiger partial charge in [-0.25, -0.2) is 22.9 Å². The van der Waals surface area contributed by atoms with Crippen LogP contribution in [0, 0.1) is 17.5 Å². The van der Waals surface area contributed by atoms with Crippen LogP contribution in [0.3, 0.4) is 0 Å². The van der Waals surface area contributed by atoms with Gasteiger partial charge in [0.1, 0.15) is 11.6 Å². The molecule has 31 heavy (non-hydrogen) atoms. The van der Waals surface area contributed by atoms with Crippen molar-refractivity contribution in [2.24, 2.45) is 0 Å². The van der Waals surface area contributed by atoms with E-state index in [2.05, 4.69) is 4.98 Å². The van der Waals surface area contributed by atoms with Gasteiger partial charge in [0.2, 0.25) is 0 Å². The van der Waals surface area contributed by atoms with Crippen molar-refractivity contribution in [2.45, 2.75) is 24.4 Å². The van der Waals surface area contributed by atoms with Crippen LogP contribution in [0.1, 0.15) is 28.6 Å². The molecule has 0 atom stereocenters. The number of thioether (sulfide) groups is 1.